The quantitative estimate of drug-likeness (QED) is 0.863. The third-order valence-electron chi connectivity index (χ3n) is 3.16. The Morgan fingerprint density at radius 3 is 2.50 bits per heavy atom. The Kier molecular flexibility index (Phi) is 4.39. The zero-order chi connectivity index (χ0) is 14.5. The van der Waals surface area contributed by atoms with Gasteiger partial charge in [0.2, 0.25) is 0 Å². The fraction of sp³-hybridized carbons (Fsp3) is 0.235. The van der Waals surface area contributed by atoms with E-state index in [2.05, 4.69) is 6.07 Å². The van der Waals surface area contributed by atoms with Gasteiger partial charge in [0.15, 0.2) is 6.10 Å². The van der Waals surface area contributed by atoms with Crippen molar-refractivity contribution >= 4 is 0 Å². The second-order valence-corrected chi connectivity index (χ2v) is 4.83. The van der Waals surface area contributed by atoms with Crippen molar-refractivity contribution in [2.75, 3.05) is 0 Å². The molecule has 0 radical (unpaired) electrons. The number of ether oxygens (including phenoxy) is 1. The molecule has 1 atom stereocenters. The highest BCUT2D eigenvalue weighted by molar-refractivity contribution is 5.36. The molecular formula is C17H17NO2. The number of nitrogens with zero attached hydrogens (tertiary/aromatic N) is 1. The normalized spacial score (nSPS) is 11.7. The van der Waals surface area contributed by atoms with Crippen molar-refractivity contribution in [3.05, 3.63) is 64.7 Å². The van der Waals surface area contributed by atoms with Gasteiger partial charge in [0.1, 0.15) is 12.4 Å². The Morgan fingerprint density at radius 1 is 1.15 bits per heavy atom. The summed E-state index contributed by atoms with van der Waals surface area (Å²) < 4.78 is 5.80. The topological polar surface area (TPSA) is 53.2 Å². The maximum Gasteiger partial charge on any atom is 0.165 e. The van der Waals surface area contributed by atoms with Crippen molar-refractivity contribution < 1.29 is 9.84 Å². The molecule has 2 aromatic rings. The molecule has 0 aromatic heterocycles. The molecule has 0 bridgehead atoms. The van der Waals surface area contributed by atoms with Crippen LogP contribution < -0.4 is 4.74 Å². The van der Waals surface area contributed by atoms with Crippen molar-refractivity contribution in [3.8, 4) is 11.8 Å². The van der Waals surface area contributed by atoms with Gasteiger partial charge >= 0.3 is 0 Å². The predicted octanol–water partition coefficient (Wildman–Crippen LogP) is 3.44. The van der Waals surface area contributed by atoms with E-state index in [1.807, 2.05) is 38.1 Å². The fourth-order valence-corrected chi connectivity index (χ4v) is 1.89. The van der Waals surface area contributed by atoms with Crippen molar-refractivity contribution in [2.24, 2.45) is 0 Å². The van der Waals surface area contributed by atoms with Crippen molar-refractivity contribution in [1.82, 2.24) is 0 Å². The van der Waals surface area contributed by atoms with Crippen LogP contribution in [0.3, 0.4) is 0 Å². The van der Waals surface area contributed by atoms with Gasteiger partial charge in [-0.15, -0.1) is 0 Å². The third-order valence-corrected chi connectivity index (χ3v) is 3.16. The molecule has 2 aromatic carbocycles. The van der Waals surface area contributed by atoms with Crippen LogP contribution in [-0.2, 0) is 6.61 Å². The van der Waals surface area contributed by atoms with E-state index in [-0.39, 0.29) is 0 Å². The standard InChI is InChI=1S/C17H17NO2/c1-12-3-4-13(2)17(9-12)20-11-14-5-7-15(8-6-14)16(19)10-18/h3-9,16,19H,11H2,1-2H3. The Hall–Kier alpha value is -2.31. The lowest BCUT2D eigenvalue weighted by Gasteiger charge is -2.10. The molecule has 0 amide bonds. The molecule has 20 heavy (non-hydrogen) atoms. The Balaban J connectivity index is 2.04. The van der Waals surface area contributed by atoms with Crippen molar-refractivity contribution in [3.63, 3.8) is 0 Å². The molecule has 0 saturated carbocycles. The number of rotatable bonds is 4. The monoisotopic (exact) mass is 267 g/mol. The van der Waals surface area contributed by atoms with Crippen LogP contribution in [0.4, 0.5) is 0 Å². The van der Waals surface area contributed by atoms with Crippen LogP contribution in [0, 0.1) is 25.2 Å². The van der Waals surface area contributed by atoms with E-state index < -0.39 is 6.10 Å². The maximum atomic E-state index is 9.40. The summed E-state index contributed by atoms with van der Waals surface area (Å²) in [6, 6.07) is 15.1. The summed E-state index contributed by atoms with van der Waals surface area (Å²) in [6.45, 7) is 4.51. The van der Waals surface area contributed by atoms with Crippen LogP contribution in [0.1, 0.15) is 28.4 Å². The molecule has 1 unspecified atom stereocenters. The summed E-state index contributed by atoms with van der Waals surface area (Å²) in [7, 11) is 0. The first-order valence-electron chi connectivity index (χ1n) is 6.46. The molecule has 0 aliphatic heterocycles. The SMILES string of the molecule is Cc1ccc(C)c(OCc2ccc(C(O)C#N)cc2)c1. The lowest BCUT2D eigenvalue weighted by molar-refractivity contribution is 0.236. The third kappa shape index (κ3) is 3.37. The van der Waals surface area contributed by atoms with E-state index in [1.54, 1.807) is 18.2 Å². The summed E-state index contributed by atoms with van der Waals surface area (Å²) in [4.78, 5) is 0. The van der Waals surface area contributed by atoms with Crippen LogP contribution in [0.5, 0.6) is 5.75 Å². The van der Waals surface area contributed by atoms with Gasteiger partial charge in [0.25, 0.3) is 0 Å². The average molecular weight is 267 g/mol. The summed E-state index contributed by atoms with van der Waals surface area (Å²) in [6.07, 6.45) is -1.07. The van der Waals surface area contributed by atoms with Gasteiger partial charge in [-0.2, -0.15) is 5.26 Å². The van der Waals surface area contributed by atoms with Crippen molar-refractivity contribution in [1.29, 1.82) is 5.26 Å². The van der Waals surface area contributed by atoms with Gasteiger partial charge < -0.3 is 9.84 Å². The molecule has 0 spiro atoms. The lowest BCUT2D eigenvalue weighted by Crippen LogP contribution is -1.99. The number of hydrogen-bond donors (Lipinski definition) is 1. The van der Waals surface area contributed by atoms with Crippen LogP contribution in [0.15, 0.2) is 42.5 Å². The van der Waals surface area contributed by atoms with Crippen LogP contribution in [-0.4, -0.2) is 5.11 Å². The number of aliphatic hydroxyl groups is 1. The highest BCUT2D eigenvalue weighted by Gasteiger charge is 2.05. The zero-order valence-electron chi connectivity index (χ0n) is 11.6. The van der Waals surface area contributed by atoms with E-state index in [0.717, 1.165) is 22.4 Å². The second-order valence-electron chi connectivity index (χ2n) is 4.83. The Labute approximate surface area is 119 Å². The average Bonchev–Trinajstić information content (AvgIpc) is 2.48. The molecule has 1 N–H and O–H groups in total. The van der Waals surface area contributed by atoms with E-state index in [0.29, 0.717) is 12.2 Å². The van der Waals surface area contributed by atoms with E-state index in [4.69, 9.17) is 10.00 Å². The van der Waals surface area contributed by atoms with Crippen LogP contribution >= 0.6 is 0 Å². The molecule has 102 valence electrons. The molecule has 0 aliphatic rings. The molecule has 2 rings (SSSR count). The van der Waals surface area contributed by atoms with Gasteiger partial charge in [-0.05, 0) is 42.2 Å². The first kappa shape index (κ1) is 14.1. The van der Waals surface area contributed by atoms with Gasteiger partial charge in [-0.1, -0.05) is 36.4 Å². The van der Waals surface area contributed by atoms with Gasteiger partial charge in [0.05, 0.1) is 6.07 Å². The number of hydrogen-bond acceptors (Lipinski definition) is 3. The summed E-state index contributed by atoms with van der Waals surface area (Å²) >= 11 is 0. The molecule has 0 aliphatic carbocycles. The van der Waals surface area contributed by atoms with Gasteiger partial charge in [-0.25, -0.2) is 0 Å². The minimum absolute atomic E-state index is 0.465. The molecule has 3 heteroatoms. The summed E-state index contributed by atoms with van der Waals surface area (Å²) in [5.41, 5.74) is 3.87. The summed E-state index contributed by atoms with van der Waals surface area (Å²) in [5.74, 6) is 0.881. The minimum atomic E-state index is -1.07. The van der Waals surface area contributed by atoms with Crippen molar-refractivity contribution in [2.45, 2.75) is 26.6 Å². The molecule has 0 saturated heterocycles. The number of benzene rings is 2. The predicted molar refractivity (Wildman–Crippen MR) is 77.3 cm³/mol. The van der Waals surface area contributed by atoms with Gasteiger partial charge in [-0.3, -0.25) is 0 Å². The highest BCUT2D eigenvalue weighted by atomic mass is 16.5. The largest absolute Gasteiger partial charge is 0.489 e. The number of aryl methyl sites for hydroxylation is 2. The minimum Gasteiger partial charge on any atom is -0.489 e. The fourth-order valence-electron chi connectivity index (χ4n) is 1.89. The maximum absolute atomic E-state index is 9.40. The van der Waals surface area contributed by atoms with Crippen LogP contribution in [0.25, 0.3) is 0 Å². The Bertz CT molecular complexity index is 626. The van der Waals surface area contributed by atoms with Gasteiger partial charge in [0, 0.05) is 0 Å². The molecular weight excluding hydrogens is 250 g/mol. The smallest absolute Gasteiger partial charge is 0.165 e. The first-order chi connectivity index (χ1) is 9.60. The molecule has 0 fully saturated rings. The molecule has 3 nitrogen and oxygen atoms in total. The Morgan fingerprint density at radius 2 is 1.85 bits per heavy atom. The number of nitriles is 1. The van der Waals surface area contributed by atoms with E-state index >= 15 is 0 Å². The van der Waals surface area contributed by atoms with E-state index in [9.17, 15) is 5.11 Å². The number of aliphatic hydroxyl groups excluding tert-OH is 1. The van der Waals surface area contributed by atoms with E-state index in [1.165, 1.54) is 0 Å². The summed E-state index contributed by atoms with van der Waals surface area (Å²) in [5, 5.41) is 18.0. The van der Waals surface area contributed by atoms with Crippen LogP contribution in [0.2, 0.25) is 0 Å². The lowest BCUT2D eigenvalue weighted by atomic mass is 10.1. The molecule has 0 heterocycles. The highest BCUT2D eigenvalue weighted by Crippen LogP contribution is 2.21. The second kappa shape index (κ2) is 6.23. The first-order valence-corrected chi connectivity index (χ1v) is 6.46. The zero-order valence-corrected chi connectivity index (χ0v) is 11.6.